The fourth-order valence-electron chi connectivity index (χ4n) is 6.16. The standard InChI is InChI=1S/C26H34ClN2/c1-9-24(3,4)22-21-19-15(12-11-13-17(19)29-22)25(5,6)16-14-18(27)26(7,10-2)23(28-8)20(16)21/h9-13,16,18,20,23,29H,1-2,14H2,3-8H3/q-1. The monoisotopic (exact) mass is 409 g/mol. The lowest BCUT2D eigenvalue weighted by Crippen LogP contribution is -2.55. The number of halogens is 1. The van der Waals surface area contributed by atoms with Crippen LogP contribution in [0, 0.1) is 11.3 Å². The Bertz CT molecular complexity index is 982. The van der Waals surface area contributed by atoms with Gasteiger partial charge in [0, 0.05) is 27.4 Å². The maximum atomic E-state index is 7.05. The van der Waals surface area contributed by atoms with E-state index in [1.807, 2.05) is 13.1 Å². The highest BCUT2D eigenvalue weighted by molar-refractivity contribution is 6.21. The van der Waals surface area contributed by atoms with Crippen molar-refractivity contribution in [3.63, 3.8) is 0 Å². The molecule has 1 aromatic heterocycles. The molecule has 0 spiro atoms. The van der Waals surface area contributed by atoms with Crippen LogP contribution >= 0.6 is 11.6 Å². The summed E-state index contributed by atoms with van der Waals surface area (Å²) < 4.78 is 0. The number of alkyl halides is 1. The molecule has 1 saturated carbocycles. The molecule has 156 valence electrons. The summed E-state index contributed by atoms with van der Waals surface area (Å²) in [4.78, 5) is 3.79. The number of allylic oxidation sites excluding steroid dienone is 1. The van der Waals surface area contributed by atoms with E-state index in [0.717, 1.165) is 6.42 Å². The Balaban J connectivity index is 2.12. The minimum atomic E-state index is -0.237. The van der Waals surface area contributed by atoms with Crippen molar-refractivity contribution in [2.24, 2.45) is 11.3 Å². The Morgan fingerprint density at radius 2 is 1.93 bits per heavy atom. The predicted molar refractivity (Wildman–Crippen MR) is 126 cm³/mol. The topological polar surface area (TPSA) is 29.9 Å². The lowest BCUT2D eigenvalue weighted by molar-refractivity contribution is 0.119. The van der Waals surface area contributed by atoms with E-state index in [4.69, 9.17) is 16.9 Å². The number of H-pyrrole nitrogens is 1. The number of aromatic nitrogens is 1. The van der Waals surface area contributed by atoms with Crippen molar-refractivity contribution in [3.8, 4) is 0 Å². The van der Waals surface area contributed by atoms with Crippen LogP contribution in [-0.4, -0.2) is 23.5 Å². The average molecular weight is 410 g/mol. The van der Waals surface area contributed by atoms with E-state index in [2.05, 4.69) is 77.0 Å². The van der Waals surface area contributed by atoms with Gasteiger partial charge in [-0.05, 0) is 46.3 Å². The summed E-state index contributed by atoms with van der Waals surface area (Å²) >= 11 is 7.05. The van der Waals surface area contributed by atoms with Crippen molar-refractivity contribution >= 4 is 22.5 Å². The SMILES string of the molecule is C=CC(C)(C)c1[nH]c2cccc3c2c1C1C(CC(Cl)C(C)(C=C)C1[N-]C)C3(C)C. The molecule has 1 heterocycles. The molecular weight excluding hydrogens is 376 g/mol. The Kier molecular flexibility index (Phi) is 4.65. The highest BCUT2D eigenvalue weighted by Gasteiger charge is 2.54. The molecule has 2 nitrogen and oxygen atoms in total. The van der Waals surface area contributed by atoms with Crippen molar-refractivity contribution in [2.45, 2.75) is 69.2 Å². The maximum Gasteiger partial charge on any atom is 0.0462 e. The lowest BCUT2D eigenvalue weighted by atomic mass is 9.50. The zero-order valence-electron chi connectivity index (χ0n) is 18.6. The van der Waals surface area contributed by atoms with Crippen LogP contribution in [0.15, 0.2) is 43.5 Å². The normalized spacial score (nSPS) is 33.3. The Morgan fingerprint density at radius 1 is 1.24 bits per heavy atom. The summed E-state index contributed by atoms with van der Waals surface area (Å²) in [5, 5.41) is 6.37. The van der Waals surface area contributed by atoms with Gasteiger partial charge < -0.3 is 10.3 Å². The summed E-state index contributed by atoms with van der Waals surface area (Å²) in [5.74, 6) is 0.714. The largest absolute Gasteiger partial charge is 0.661 e. The molecule has 3 heteroatoms. The number of hydrogen-bond acceptors (Lipinski definition) is 0. The van der Waals surface area contributed by atoms with Crippen molar-refractivity contribution < 1.29 is 0 Å². The van der Waals surface area contributed by atoms with Gasteiger partial charge in [0.1, 0.15) is 0 Å². The van der Waals surface area contributed by atoms with E-state index in [9.17, 15) is 0 Å². The maximum absolute atomic E-state index is 7.05. The average Bonchev–Trinajstić information content (AvgIpc) is 3.08. The van der Waals surface area contributed by atoms with E-state index < -0.39 is 0 Å². The van der Waals surface area contributed by atoms with Crippen LogP contribution in [-0.2, 0) is 10.8 Å². The number of nitrogens with zero attached hydrogens (tertiary/aromatic N) is 1. The quantitative estimate of drug-likeness (QED) is 0.408. The molecule has 5 unspecified atom stereocenters. The summed E-state index contributed by atoms with van der Waals surface area (Å²) in [6.45, 7) is 19.8. The highest BCUT2D eigenvalue weighted by Crippen LogP contribution is 2.62. The molecule has 0 aliphatic heterocycles. The van der Waals surface area contributed by atoms with Crippen LogP contribution in [0.25, 0.3) is 16.2 Å². The third kappa shape index (κ3) is 2.58. The Hall–Kier alpha value is -1.51. The molecule has 2 aliphatic rings. The van der Waals surface area contributed by atoms with Crippen molar-refractivity contribution in [1.82, 2.24) is 4.98 Å². The molecule has 0 saturated heterocycles. The first-order chi connectivity index (χ1) is 13.5. The van der Waals surface area contributed by atoms with Gasteiger partial charge in [0.05, 0.1) is 0 Å². The summed E-state index contributed by atoms with van der Waals surface area (Å²) in [6, 6.07) is 6.79. The second kappa shape index (κ2) is 6.49. The number of likely N-dealkylation sites (N-methyl/N-ethyl adjacent to an activating group) is 1. The van der Waals surface area contributed by atoms with Crippen LogP contribution in [0.1, 0.15) is 63.8 Å². The number of rotatable bonds is 4. The molecule has 1 N–H and O–H groups in total. The molecule has 5 atom stereocenters. The van der Waals surface area contributed by atoms with E-state index in [1.165, 1.54) is 27.7 Å². The molecule has 0 bridgehead atoms. The highest BCUT2D eigenvalue weighted by atomic mass is 35.5. The van der Waals surface area contributed by atoms with E-state index in [0.29, 0.717) is 11.8 Å². The number of fused-ring (bicyclic) bond motifs is 2. The first-order valence-electron chi connectivity index (χ1n) is 10.7. The fourth-order valence-corrected chi connectivity index (χ4v) is 6.57. The van der Waals surface area contributed by atoms with E-state index >= 15 is 0 Å². The van der Waals surface area contributed by atoms with Gasteiger partial charge in [0.25, 0.3) is 0 Å². The number of nitrogens with one attached hydrogen (secondary N) is 1. The third-order valence-corrected chi connectivity index (χ3v) is 8.89. The van der Waals surface area contributed by atoms with Gasteiger partial charge in [0.15, 0.2) is 0 Å². The summed E-state index contributed by atoms with van der Waals surface area (Å²) in [6.07, 6.45) is 5.07. The summed E-state index contributed by atoms with van der Waals surface area (Å²) in [7, 11) is 1.95. The van der Waals surface area contributed by atoms with Crippen LogP contribution in [0.5, 0.6) is 0 Å². The van der Waals surface area contributed by atoms with Crippen LogP contribution < -0.4 is 0 Å². The number of benzene rings is 1. The molecular formula is C26H34ClN2-. The molecule has 29 heavy (non-hydrogen) atoms. The van der Waals surface area contributed by atoms with Gasteiger partial charge in [-0.2, -0.15) is 7.05 Å². The lowest BCUT2D eigenvalue weighted by Gasteiger charge is -2.62. The predicted octanol–water partition coefficient (Wildman–Crippen LogP) is 7.20. The molecule has 2 aliphatic carbocycles. The first-order valence-corrected chi connectivity index (χ1v) is 11.1. The van der Waals surface area contributed by atoms with Crippen molar-refractivity contribution in [1.29, 1.82) is 0 Å². The van der Waals surface area contributed by atoms with Gasteiger partial charge >= 0.3 is 0 Å². The smallest absolute Gasteiger partial charge is 0.0462 e. The third-order valence-electron chi connectivity index (χ3n) is 8.24. The van der Waals surface area contributed by atoms with Gasteiger partial charge in [-0.3, -0.25) is 0 Å². The molecule has 0 radical (unpaired) electrons. The molecule has 0 amide bonds. The fraction of sp³-hybridized carbons (Fsp3) is 0.538. The Morgan fingerprint density at radius 3 is 2.52 bits per heavy atom. The van der Waals surface area contributed by atoms with Crippen molar-refractivity contribution in [3.05, 3.63) is 65.6 Å². The molecule has 1 aromatic carbocycles. The van der Waals surface area contributed by atoms with Gasteiger partial charge in [-0.25, -0.2) is 0 Å². The second-order valence-corrected chi connectivity index (χ2v) is 10.9. The van der Waals surface area contributed by atoms with Crippen molar-refractivity contribution in [2.75, 3.05) is 7.05 Å². The number of aromatic amines is 1. The Labute approximate surface area is 180 Å². The van der Waals surface area contributed by atoms with Crippen LogP contribution in [0.2, 0.25) is 0 Å². The van der Waals surface area contributed by atoms with Crippen LogP contribution in [0.4, 0.5) is 0 Å². The van der Waals surface area contributed by atoms with Gasteiger partial charge in [-0.1, -0.05) is 58.9 Å². The minimum Gasteiger partial charge on any atom is -0.661 e. The molecule has 4 rings (SSSR count). The van der Waals surface area contributed by atoms with Gasteiger partial charge in [0.2, 0.25) is 0 Å². The van der Waals surface area contributed by atoms with E-state index in [1.54, 1.807) is 0 Å². The first kappa shape index (κ1) is 20.8. The summed E-state index contributed by atoms with van der Waals surface area (Å²) in [5.41, 5.74) is 4.97. The minimum absolute atomic E-state index is 0.0183. The zero-order valence-corrected chi connectivity index (χ0v) is 19.4. The number of hydrogen-bond donors (Lipinski definition) is 1. The van der Waals surface area contributed by atoms with Crippen LogP contribution in [0.3, 0.4) is 0 Å². The zero-order chi connectivity index (χ0) is 21.4. The molecule has 1 fully saturated rings. The van der Waals surface area contributed by atoms with Gasteiger partial charge in [-0.15, -0.1) is 30.8 Å². The van der Waals surface area contributed by atoms with E-state index in [-0.39, 0.29) is 27.7 Å². The molecule has 2 aromatic rings. The second-order valence-electron chi connectivity index (χ2n) is 10.4.